The van der Waals surface area contributed by atoms with Crippen LogP contribution in [0.4, 0.5) is 5.82 Å². The standard InChI is InChI=1S/C4H5N4S/c5-4(9)7-3-1-2-6-8-3/h1-2,5H,(H2,6,7,8,9). The molecular weight excluding hydrogens is 136 g/mol. The van der Waals surface area contributed by atoms with E-state index in [0.717, 1.165) is 0 Å². The van der Waals surface area contributed by atoms with E-state index in [1.807, 2.05) is 0 Å². The topological polar surface area (TPSA) is 64.5 Å². The van der Waals surface area contributed by atoms with Crippen molar-refractivity contribution in [3.63, 3.8) is 0 Å². The Balaban J connectivity index is 2.58. The molecule has 0 amide bonds. The number of nitrogens with zero attached hydrogens (tertiary/aromatic N) is 1. The number of aromatic nitrogens is 2. The second-order valence-corrected chi connectivity index (χ2v) is 1.83. The molecule has 0 spiro atoms. The molecule has 1 rings (SSSR count). The first-order valence-corrected chi connectivity index (χ1v) is 2.72. The first-order valence-electron chi connectivity index (χ1n) is 2.31. The van der Waals surface area contributed by atoms with Crippen molar-refractivity contribution in [2.24, 2.45) is 0 Å². The third-order valence-corrected chi connectivity index (χ3v) is 0.851. The predicted octanol–water partition coefficient (Wildman–Crippen LogP) is 0.389. The largest absolute Gasteiger partial charge is 0.316 e. The molecule has 1 aromatic rings. The highest BCUT2D eigenvalue weighted by atomic mass is 32.1. The summed E-state index contributed by atoms with van der Waals surface area (Å²) in [5.74, 6) is 0.648. The Kier molecular flexibility index (Phi) is 1.64. The van der Waals surface area contributed by atoms with Gasteiger partial charge in [-0.25, -0.2) is 0 Å². The average molecular weight is 141 g/mol. The smallest absolute Gasteiger partial charge is 0.190 e. The lowest BCUT2D eigenvalue weighted by Gasteiger charge is -1.94. The highest BCUT2D eigenvalue weighted by molar-refractivity contribution is 7.80. The van der Waals surface area contributed by atoms with E-state index in [1.165, 1.54) is 0 Å². The molecule has 1 aromatic heterocycles. The summed E-state index contributed by atoms with van der Waals surface area (Å²) >= 11 is 4.45. The van der Waals surface area contributed by atoms with Gasteiger partial charge in [0.2, 0.25) is 0 Å². The predicted molar refractivity (Wildman–Crippen MR) is 37.9 cm³/mol. The van der Waals surface area contributed by atoms with Gasteiger partial charge in [-0.05, 0) is 12.2 Å². The maximum absolute atomic E-state index is 6.83. The number of aromatic amines is 1. The van der Waals surface area contributed by atoms with Gasteiger partial charge in [-0.1, -0.05) is 0 Å². The van der Waals surface area contributed by atoms with Crippen LogP contribution in [0.25, 0.3) is 0 Å². The van der Waals surface area contributed by atoms with Crippen molar-refractivity contribution in [2.75, 3.05) is 5.32 Å². The summed E-state index contributed by atoms with van der Waals surface area (Å²) in [4.78, 5) is 0. The lowest BCUT2D eigenvalue weighted by atomic mass is 10.6. The van der Waals surface area contributed by atoms with E-state index >= 15 is 0 Å². The minimum atomic E-state index is -0.0146. The highest BCUT2D eigenvalue weighted by Crippen LogP contribution is 1.96. The van der Waals surface area contributed by atoms with Crippen LogP contribution in [0.3, 0.4) is 0 Å². The van der Waals surface area contributed by atoms with Crippen LogP contribution < -0.4 is 11.1 Å². The summed E-state index contributed by atoms with van der Waals surface area (Å²) in [5.41, 5.74) is 6.83. The number of anilines is 1. The van der Waals surface area contributed by atoms with Gasteiger partial charge < -0.3 is 5.32 Å². The fourth-order valence-corrected chi connectivity index (χ4v) is 0.558. The van der Waals surface area contributed by atoms with Crippen molar-refractivity contribution in [3.8, 4) is 0 Å². The zero-order valence-electron chi connectivity index (χ0n) is 4.51. The zero-order valence-corrected chi connectivity index (χ0v) is 5.33. The summed E-state index contributed by atoms with van der Waals surface area (Å²) in [6.07, 6.45) is 1.58. The molecule has 5 heteroatoms. The van der Waals surface area contributed by atoms with Crippen LogP contribution in [0.2, 0.25) is 0 Å². The fourth-order valence-electron chi connectivity index (χ4n) is 0.448. The Bertz CT molecular complexity index is 192. The molecule has 3 N–H and O–H groups in total. The fraction of sp³-hybridized carbons (Fsp3) is 0. The number of hydrogen-bond donors (Lipinski definition) is 2. The molecule has 0 aliphatic carbocycles. The average Bonchev–Trinajstić information content (AvgIpc) is 2.15. The molecular formula is C4H5N4S. The Labute approximate surface area is 57.4 Å². The van der Waals surface area contributed by atoms with Crippen molar-refractivity contribution in [1.29, 1.82) is 0 Å². The van der Waals surface area contributed by atoms with E-state index in [1.54, 1.807) is 12.3 Å². The molecule has 0 aliphatic rings. The molecule has 0 saturated carbocycles. The van der Waals surface area contributed by atoms with Gasteiger partial charge in [-0.2, -0.15) is 5.10 Å². The van der Waals surface area contributed by atoms with Crippen molar-refractivity contribution in [1.82, 2.24) is 15.9 Å². The first-order chi connectivity index (χ1) is 4.29. The second kappa shape index (κ2) is 2.45. The van der Waals surface area contributed by atoms with Crippen LogP contribution in [0, 0.1) is 0 Å². The molecule has 0 atom stereocenters. The van der Waals surface area contributed by atoms with Gasteiger partial charge >= 0.3 is 0 Å². The lowest BCUT2D eigenvalue weighted by molar-refractivity contribution is 1.10. The summed E-state index contributed by atoms with van der Waals surface area (Å²) < 4.78 is 0. The van der Waals surface area contributed by atoms with E-state index in [-0.39, 0.29) is 5.11 Å². The van der Waals surface area contributed by atoms with Gasteiger partial charge in [-0.15, -0.1) is 0 Å². The molecule has 0 fully saturated rings. The third kappa shape index (κ3) is 1.69. The van der Waals surface area contributed by atoms with E-state index in [2.05, 4.69) is 27.7 Å². The van der Waals surface area contributed by atoms with Gasteiger partial charge in [0.05, 0.1) is 6.20 Å². The molecule has 0 saturated heterocycles. The second-order valence-electron chi connectivity index (χ2n) is 1.42. The number of thiocarbonyl (C=S) groups is 1. The molecule has 0 aromatic carbocycles. The Morgan fingerprint density at radius 3 is 3.11 bits per heavy atom. The van der Waals surface area contributed by atoms with Crippen LogP contribution >= 0.6 is 12.2 Å². The van der Waals surface area contributed by atoms with E-state index in [4.69, 9.17) is 5.73 Å². The lowest BCUT2D eigenvalue weighted by Crippen LogP contribution is -2.08. The van der Waals surface area contributed by atoms with E-state index in [9.17, 15) is 0 Å². The van der Waals surface area contributed by atoms with Crippen molar-refractivity contribution in [3.05, 3.63) is 12.3 Å². The van der Waals surface area contributed by atoms with Crippen molar-refractivity contribution >= 4 is 23.1 Å². The molecule has 9 heavy (non-hydrogen) atoms. The van der Waals surface area contributed by atoms with Gasteiger partial charge in [0.25, 0.3) is 0 Å². The Morgan fingerprint density at radius 1 is 1.89 bits per heavy atom. The zero-order chi connectivity index (χ0) is 6.69. The van der Waals surface area contributed by atoms with Gasteiger partial charge in [0, 0.05) is 6.07 Å². The maximum Gasteiger partial charge on any atom is 0.190 e. The molecule has 1 heterocycles. The normalized spacial score (nSPS) is 8.89. The minimum Gasteiger partial charge on any atom is -0.316 e. The summed E-state index contributed by atoms with van der Waals surface area (Å²) in [7, 11) is 0. The molecule has 1 radical (unpaired) electrons. The Hall–Kier alpha value is -1.10. The summed E-state index contributed by atoms with van der Waals surface area (Å²) in [5, 5.41) is 8.79. The van der Waals surface area contributed by atoms with Crippen LogP contribution in [0.5, 0.6) is 0 Å². The van der Waals surface area contributed by atoms with Crippen LogP contribution in [0.15, 0.2) is 12.3 Å². The quantitative estimate of drug-likeness (QED) is 0.556. The first kappa shape index (κ1) is 6.03. The van der Waals surface area contributed by atoms with Crippen LogP contribution in [-0.4, -0.2) is 15.3 Å². The number of nitrogens with one attached hydrogen (secondary N) is 3. The molecule has 47 valence electrons. The van der Waals surface area contributed by atoms with Gasteiger partial charge in [-0.3, -0.25) is 10.8 Å². The highest BCUT2D eigenvalue weighted by Gasteiger charge is 1.90. The van der Waals surface area contributed by atoms with Crippen LogP contribution in [0.1, 0.15) is 0 Å². The van der Waals surface area contributed by atoms with E-state index in [0.29, 0.717) is 5.82 Å². The molecule has 0 aliphatic heterocycles. The molecule has 0 bridgehead atoms. The Morgan fingerprint density at radius 2 is 2.67 bits per heavy atom. The number of hydrogen-bond acceptors (Lipinski definition) is 2. The van der Waals surface area contributed by atoms with Crippen LogP contribution in [-0.2, 0) is 0 Å². The summed E-state index contributed by atoms with van der Waals surface area (Å²) in [6, 6.07) is 1.70. The molecule has 0 unspecified atom stereocenters. The third-order valence-electron chi connectivity index (χ3n) is 0.749. The maximum atomic E-state index is 6.83. The van der Waals surface area contributed by atoms with Gasteiger partial charge in [0.15, 0.2) is 5.11 Å². The SMILES string of the molecule is [NH]C(=S)Nc1ccn[nH]1. The number of H-pyrrole nitrogens is 1. The minimum absolute atomic E-state index is 0.0146. The van der Waals surface area contributed by atoms with Gasteiger partial charge in [0.1, 0.15) is 5.82 Å². The van der Waals surface area contributed by atoms with Crippen molar-refractivity contribution in [2.45, 2.75) is 0 Å². The van der Waals surface area contributed by atoms with Crippen molar-refractivity contribution < 1.29 is 0 Å². The monoisotopic (exact) mass is 141 g/mol. The van der Waals surface area contributed by atoms with E-state index < -0.39 is 0 Å². The molecule has 4 nitrogen and oxygen atoms in total. The number of rotatable bonds is 1. The summed E-state index contributed by atoms with van der Waals surface area (Å²) in [6.45, 7) is 0.